The molecule has 1 saturated carbocycles. The fourth-order valence-electron chi connectivity index (χ4n) is 6.19. The Bertz CT molecular complexity index is 1340. The van der Waals surface area contributed by atoms with E-state index in [-0.39, 0.29) is 48.4 Å². The molecule has 1 saturated heterocycles. The van der Waals surface area contributed by atoms with Crippen molar-refractivity contribution < 1.29 is 33.6 Å². The first-order valence-electron chi connectivity index (χ1n) is 11.7. The van der Waals surface area contributed by atoms with Crippen LogP contribution < -0.4 is 10.5 Å². The topological polar surface area (TPSA) is 132 Å². The lowest BCUT2D eigenvalue weighted by Crippen LogP contribution is -2.58. The number of carboxylic acids is 1. The fourth-order valence-corrected chi connectivity index (χ4v) is 6.19. The summed E-state index contributed by atoms with van der Waals surface area (Å²) in [7, 11) is 1.44. The highest BCUT2D eigenvalue weighted by Gasteiger charge is 2.60. The van der Waals surface area contributed by atoms with Crippen LogP contribution in [0.1, 0.15) is 58.8 Å². The number of aliphatic hydroxyl groups is 2. The number of carbonyl (C=O) groups is 1. The number of aromatic nitrogens is 1. The van der Waals surface area contributed by atoms with Gasteiger partial charge in [0.2, 0.25) is 5.92 Å². The Labute approximate surface area is 206 Å². The maximum Gasteiger partial charge on any atom is 0.335 e. The van der Waals surface area contributed by atoms with Crippen LogP contribution in [0.25, 0.3) is 10.9 Å². The number of likely N-dealkylation sites (tertiary alicyclic amines) is 1. The van der Waals surface area contributed by atoms with Crippen molar-refractivity contribution in [2.24, 2.45) is 5.41 Å². The summed E-state index contributed by atoms with van der Waals surface area (Å²) in [6.07, 6.45) is 1.69. The van der Waals surface area contributed by atoms with Gasteiger partial charge in [0.1, 0.15) is 5.75 Å². The highest BCUT2D eigenvalue weighted by Crippen LogP contribution is 2.62. The number of methoxy groups -OCH3 is 1. The van der Waals surface area contributed by atoms with Crippen LogP contribution in [-0.2, 0) is 5.91 Å². The number of piperidine rings is 1. The number of H-pyrrole nitrogens is 1. The average Bonchev–Trinajstić information content (AvgIpc) is 3.27. The van der Waals surface area contributed by atoms with Gasteiger partial charge in [0.15, 0.2) is 0 Å². The molecule has 0 bridgehead atoms. The molecule has 2 heterocycles. The molecule has 0 amide bonds. The Balaban J connectivity index is 1.63. The van der Waals surface area contributed by atoms with E-state index in [1.807, 2.05) is 6.92 Å². The van der Waals surface area contributed by atoms with Gasteiger partial charge in [-0.15, -0.1) is 0 Å². The lowest BCUT2D eigenvalue weighted by molar-refractivity contribution is -0.307. The minimum absolute atomic E-state index is 0.0167. The van der Waals surface area contributed by atoms with Crippen molar-refractivity contribution in [3.8, 4) is 5.75 Å². The number of aryl methyl sites for hydroxylation is 1. The van der Waals surface area contributed by atoms with Gasteiger partial charge in [-0.25, -0.2) is 18.5 Å². The lowest BCUT2D eigenvalue weighted by Gasteiger charge is -2.56. The highest BCUT2D eigenvalue weighted by molar-refractivity contribution is 5.89. The molecule has 1 atom stereocenters. The molecule has 2 fully saturated rings. The summed E-state index contributed by atoms with van der Waals surface area (Å²) in [5, 5.41) is 33.4. The number of hydrogen-bond acceptors (Lipinski definition) is 6. The number of nitrogen functional groups attached to an aromatic ring is 1. The number of carboxylic acid groups (broad SMARTS) is 1. The number of benzene rings is 2. The van der Waals surface area contributed by atoms with Crippen molar-refractivity contribution in [2.45, 2.75) is 50.5 Å². The fraction of sp³-hybridized carbons (Fsp3) is 0.423. The van der Waals surface area contributed by atoms with Crippen molar-refractivity contribution in [3.63, 3.8) is 0 Å². The van der Waals surface area contributed by atoms with E-state index in [0.717, 1.165) is 5.56 Å². The van der Waals surface area contributed by atoms with Crippen molar-refractivity contribution in [3.05, 3.63) is 58.8 Å². The number of anilines is 1. The molecule has 36 heavy (non-hydrogen) atoms. The smallest absolute Gasteiger partial charge is 0.335 e. The van der Waals surface area contributed by atoms with E-state index in [2.05, 4.69) is 4.98 Å². The van der Waals surface area contributed by atoms with E-state index in [1.165, 1.54) is 30.2 Å². The Morgan fingerprint density at radius 3 is 2.58 bits per heavy atom. The molecule has 3 aromatic rings. The molecule has 10 heteroatoms. The SMILES string of the molecule is COc1cc(C)c2[nH]ccc2c1C(O)(O)N1CCC2(CC1c1ccc(C(=O)O)cc1N)CC(F)(F)C2. The van der Waals surface area contributed by atoms with Gasteiger partial charge in [-0.3, -0.25) is 0 Å². The van der Waals surface area contributed by atoms with Crippen molar-refractivity contribution in [1.82, 2.24) is 9.88 Å². The maximum atomic E-state index is 14.0. The molecule has 1 aromatic heterocycles. The monoisotopic (exact) mass is 501 g/mol. The highest BCUT2D eigenvalue weighted by atomic mass is 19.3. The molecule has 2 aromatic carbocycles. The molecule has 6 N–H and O–H groups in total. The molecule has 1 spiro atoms. The van der Waals surface area contributed by atoms with Gasteiger partial charge in [0, 0.05) is 48.2 Å². The number of fused-ring (bicyclic) bond motifs is 1. The summed E-state index contributed by atoms with van der Waals surface area (Å²) in [6, 6.07) is 6.90. The second-order valence-electron chi connectivity index (χ2n) is 10.2. The number of alkyl halides is 2. The molecule has 8 nitrogen and oxygen atoms in total. The first-order chi connectivity index (χ1) is 16.9. The number of hydrogen-bond donors (Lipinski definition) is 5. The standard InChI is InChI=1S/C26H29F2N3O5/c1-14-9-20(36-2)21(17-5-7-30-22(14)17)26(34,35)31-8-6-24(12-25(27,28)13-24)11-19(31)16-4-3-15(23(32)33)10-18(16)29/h3-5,7,9-10,19,30,34-35H,6,8,11-13,29H2,1-2H3,(H,32,33). The lowest BCUT2D eigenvalue weighted by atomic mass is 9.58. The normalized spacial score (nSPS) is 21.4. The van der Waals surface area contributed by atoms with E-state index in [4.69, 9.17) is 10.5 Å². The molecule has 2 aliphatic rings. The van der Waals surface area contributed by atoms with Crippen molar-refractivity contribution in [1.29, 1.82) is 0 Å². The zero-order chi connectivity index (χ0) is 26.0. The Morgan fingerprint density at radius 2 is 1.97 bits per heavy atom. The van der Waals surface area contributed by atoms with Crippen molar-refractivity contribution >= 4 is 22.6 Å². The molecule has 5 rings (SSSR count). The third-order valence-corrected chi connectivity index (χ3v) is 7.81. The zero-order valence-corrected chi connectivity index (χ0v) is 20.0. The number of aromatic amines is 1. The number of ether oxygens (including phenoxy) is 1. The Kier molecular flexibility index (Phi) is 5.55. The van der Waals surface area contributed by atoms with Crippen LogP contribution in [0.3, 0.4) is 0 Å². The van der Waals surface area contributed by atoms with Crippen LogP contribution >= 0.6 is 0 Å². The van der Waals surface area contributed by atoms with Gasteiger partial charge in [0.25, 0.3) is 5.91 Å². The first-order valence-corrected chi connectivity index (χ1v) is 11.7. The quantitative estimate of drug-likeness (QED) is 0.263. The number of aromatic carboxylic acids is 1. The third kappa shape index (κ3) is 3.80. The third-order valence-electron chi connectivity index (χ3n) is 7.81. The van der Waals surface area contributed by atoms with Crippen LogP contribution in [-0.4, -0.2) is 50.7 Å². The molecule has 1 aliphatic carbocycles. The van der Waals surface area contributed by atoms with Crippen LogP contribution in [0.5, 0.6) is 5.75 Å². The summed E-state index contributed by atoms with van der Waals surface area (Å²) in [5.74, 6) is -6.18. The summed E-state index contributed by atoms with van der Waals surface area (Å²) in [5.41, 5.74) is 7.87. The van der Waals surface area contributed by atoms with E-state index >= 15 is 0 Å². The molecular formula is C26H29F2N3O5. The van der Waals surface area contributed by atoms with E-state index in [0.29, 0.717) is 22.9 Å². The van der Waals surface area contributed by atoms with Crippen LogP contribution in [0.2, 0.25) is 0 Å². The summed E-state index contributed by atoms with van der Waals surface area (Å²) >= 11 is 0. The Hall–Kier alpha value is -3.21. The van der Waals surface area contributed by atoms with Gasteiger partial charge >= 0.3 is 5.97 Å². The number of nitrogens with one attached hydrogen (secondary N) is 1. The predicted octanol–water partition coefficient (Wildman–Crippen LogP) is 4.11. The summed E-state index contributed by atoms with van der Waals surface area (Å²) < 4.78 is 33.5. The van der Waals surface area contributed by atoms with Gasteiger partial charge in [0.05, 0.1) is 18.2 Å². The minimum atomic E-state index is -2.75. The van der Waals surface area contributed by atoms with E-state index < -0.39 is 29.3 Å². The molecule has 1 aliphatic heterocycles. The summed E-state index contributed by atoms with van der Waals surface area (Å²) in [6.45, 7) is 1.98. The Morgan fingerprint density at radius 1 is 1.25 bits per heavy atom. The van der Waals surface area contributed by atoms with E-state index in [1.54, 1.807) is 18.3 Å². The predicted molar refractivity (Wildman–Crippen MR) is 129 cm³/mol. The molecule has 1 unspecified atom stereocenters. The molecule has 192 valence electrons. The maximum absolute atomic E-state index is 14.0. The number of rotatable bonds is 5. The second kappa shape index (κ2) is 8.16. The zero-order valence-electron chi connectivity index (χ0n) is 20.0. The van der Waals surface area contributed by atoms with Crippen LogP contribution in [0.15, 0.2) is 36.5 Å². The average molecular weight is 502 g/mol. The second-order valence-corrected chi connectivity index (χ2v) is 10.2. The molecular weight excluding hydrogens is 472 g/mol. The van der Waals surface area contributed by atoms with Crippen LogP contribution in [0, 0.1) is 12.3 Å². The number of nitrogens with two attached hydrogens (primary N) is 1. The summed E-state index contributed by atoms with van der Waals surface area (Å²) in [4.78, 5) is 16.0. The van der Waals surface area contributed by atoms with Gasteiger partial charge in [-0.2, -0.15) is 0 Å². The number of nitrogens with zero attached hydrogens (tertiary/aromatic N) is 1. The number of halogens is 2. The van der Waals surface area contributed by atoms with Crippen molar-refractivity contribution in [2.75, 3.05) is 19.4 Å². The first kappa shape index (κ1) is 24.5. The van der Waals surface area contributed by atoms with Gasteiger partial charge in [-0.05, 0) is 60.6 Å². The van der Waals surface area contributed by atoms with E-state index in [9.17, 15) is 28.9 Å². The minimum Gasteiger partial charge on any atom is -0.496 e. The largest absolute Gasteiger partial charge is 0.496 e. The van der Waals surface area contributed by atoms with Crippen LogP contribution in [0.4, 0.5) is 14.5 Å². The van der Waals surface area contributed by atoms with Gasteiger partial charge < -0.3 is 30.8 Å². The molecule has 0 radical (unpaired) electrons. The van der Waals surface area contributed by atoms with Gasteiger partial charge in [-0.1, -0.05) is 6.07 Å².